The highest BCUT2D eigenvalue weighted by atomic mass is 35.5. The summed E-state index contributed by atoms with van der Waals surface area (Å²) >= 11 is 5.88. The molecule has 0 fully saturated rings. The third-order valence-electron chi connectivity index (χ3n) is 5.23. The minimum absolute atomic E-state index is 0.00274. The molecule has 1 aliphatic carbocycles. The fourth-order valence-corrected chi connectivity index (χ4v) is 4.24. The van der Waals surface area contributed by atoms with Gasteiger partial charge in [0.1, 0.15) is 5.02 Å². The number of halogens is 4. The molecule has 1 heterocycles. The molecule has 0 saturated heterocycles. The average molecular weight is 395 g/mol. The van der Waals surface area contributed by atoms with E-state index in [1.807, 2.05) is 12.2 Å². The van der Waals surface area contributed by atoms with E-state index in [2.05, 4.69) is 5.32 Å². The molecule has 2 aromatic rings. The number of nitrogens with one attached hydrogen (secondary N) is 1. The lowest BCUT2D eigenvalue weighted by molar-refractivity contribution is -0.384. The van der Waals surface area contributed by atoms with E-state index < -0.39 is 22.7 Å². The van der Waals surface area contributed by atoms with E-state index in [1.165, 1.54) is 18.2 Å². The van der Waals surface area contributed by atoms with Gasteiger partial charge in [0.2, 0.25) is 0 Å². The second-order valence-corrected chi connectivity index (χ2v) is 7.12. The Labute approximate surface area is 157 Å². The zero-order valence-corrected chi connectivity index (χ0v) is 14.6. The smallest absolute Gasteiger partial charge is 0.377 e. The summed E-state index contributed by atoms with van der Waals surface area (Å²) in [4.78, 5) is 10.6. The summed E-state index contributed by atoms with van der Waals surface area (Å²) < 4.78 is 40.5. The molecular weight excluding hydrogens is 381 g/mol. The van der Waals surface area contributed by atoms with Crippen molar-refractivity contribution >= 4 is 23.0 Å². The highest BCUT2D eigenvalue weighted by molar-refractivity contribution is 6.32. The zero-order valence-electron chi connectivity index (χ0n) is 13.8. The lowest BCUT2D eigenvalue weighted by atomic mass is 9.76. The molecule has 1 aliphatic heterocycles. The van der Waals surface area contributed by atoms with E-state index in [-0.39, 0.29) is 28.2 Å². The normalized spacial score (nSPS) is 23.5. The maximum atomic E-state index is 13.5. The molecule has 0 saturated carbocycles. The molecule has 0 amide bonds. The average Bonchev–Trinajstić information content (AvgIpc) is 3.10. The van der Waals surface area contributed by atoms with Crippen LogP contribution in [0, 0.1) is 16.0 Å². The fraction of sp³-hybridized carbons (Fsp3) is 0.263. The first-order chi connectivity index (χ1) is 12.8. The van der Waals surface area contributed by atoms with Gasteiger partial charge in [0.25, 0.3) is 5.69 Å². The molecule has 2 aromatic carbocycles. The number of nitro groups is 1. The van der Waals surface area contributed by atoms with Crippen molar-refractivity contribution in [2.45, 2.75) is 24.6 Å². The predicted molar refractivity (Wildman–Crippen MR) is 95.9 cm³/mol. The number of hydrogen-bond acceptors (Lipinski definition) is 3. The van der Waals surface area contributed by atoms with E-state index in [0.29, 0.717) is 17.5 Å². The van der Waals surface area contributed by atoms with Crippen LogP contribution in [0.5, 0.6) is 0 Å². The van der Waals surface area contributed by atoms with Crippen LogP contribution in [0.25, 0.3) is 0 Å². The van der Waals surface area contributed by atoms with Crippen LogP contribution in [-0.4, -0.2) is 4.92 Å². The Bertz CT molecular complexity index is 958. The zero-order chi connectivity index (χ0) is 19.3. The largest absolute Gasteiger partial charge is 0.418 e. The first kappa shape index (κ1) is 17.9. The van der Waals surface area contributed by atoms with Crippen LogP contribution in [0.15, 0.2) is 48.6 Å². The summed E-state index contributed by atoms with van der Waals surface area (Å²) in [6, 6.07) is 8.06. The van der Waals surface area contributed by atoms with E-state index in [0.717, 1.165) is 6.07 Å². The number of allylic oxidation sites excluding steroid dienone is 2. The van der Waals surface area contributed by atoms with E-state index in [4.69, 9.17) is 11.6 Å². The molecule has 4 rings (SSSR count). The first-order valence-electron chi connectivity index (χ1n) is 8.34. The molecule has 0 unspecified atom stereocenters. The lowest BCUT2D eigenvalue weighted by Crippen LogP contribution is -2.30. The van der Waals surface area contributed by atoms with Crippen molar-refractivity contribution in [3.05, 3.63) is 80.4 Å². The fourth-order valence-electron chi connectivity index (χ4n) is 4.05. The number of benzene rings is 2. The van der Waals surface area contributed by atoms with Gasteiger partial charge in [-0.05, 0) is 35.6 Å². The molecule has 27 heavy (non-hydrogen) atoms. The van der Waals surface area contributed by atoms with Crippen LogP contribution in [-0.2, 0) is 6.18 Å². The van der Waals surface area contributed by atoms with Gasteiger partial charge in [-0.1, -0.05) is 42.0 Å². The summed E-state index contributed by atoms with van der Waals surface area (Å²) in [6.45, 7) is 0. The van der Waals surface area contributed by atoms with Crippen molar-refractivity contribution in [2.24, 2.45) is 5.92 Å². The van der Waals surface area contributed by atoms with Crippen LogP contribution in [0.4, 0.5) is 24.5 Å². The Morgan fingerprint density at radius 3 is 2.70 bits per heavy atom. The molecule has 0 spiro atoms. The molecule has 140 valence electrons. The number of para-hydroxylation sites is 1. The number of nitro benzene ring substituents is 1. The summed E-state index contributed by atoms with van der Waals surface area (Å²) in [7, 11) is 0. The highest BCUT2D eigenvalue weighted by Crippen LogP contribution is 2.53. The monoisotopic (exact) mass is 394 g/mol. The standard InChI is InChI=1S/C19H14ClF3N2O2/c20-15-8-7-10(9-16(15)25(26)27)17-12-4-1-3-11(12)13-5-2-6-14(18(13)24-17)19(21,22)23/h1-3,5-9,11-12,17,24H,4H2/t11-,12-,17-/m0/s1. The molecule has 3 atom stereocenters. The van der Waals surface area contributed by atoms with E-state index in [1.54, 1.807) is 12.1 Å². The van der Waals surface area contributed by atoms with Gasteiger partial charge in [-0.15, -0.1) is 0 Å². The maximum Gasteiger partial charge on any atom is 0.418 e. The third-order valence-corrected chi connectivity index (χ3v) is 5.55. The van der Waals surface area contributed by atoms with Crippen molar-refractivity contribution < 1.29 is 18.1 Å². The number of fused-ring (bicyclic) bond motifs is 3. The summed E-state index contributed by atoms with van der Waals surface area (Å²) in [5, 5.41) is 14.2. The Morgan fingerprint density at radius 2 is 2.00 bits per heavy atom. The van der Waals surface area contributed by atoms with E-state index >= 15 is 0 Å². The van der Waals surface area contributed by atoms with Gasteiger partial charge in [-0.3, -0.25) is 10.1 Å². The number of rotatable bonds is 2. The minimum atomic E-state index is -4.50. The Balaban J connectivity index is 1.84. The molecule has 1 N–H and O–H groups in total. The van der Waals surface area contributed by atoms with E-state index in [9.17, 15) is 23.3 Å². The van der Waals surface area contributed by atoms with Crippen molar-refractivity contribution in [2.75, 3.05) is 5.32 Å². The lowest BCUT2D eigenvalue weighted by Gasteiger charge is -2.38. The highest BCUT2D eigenvalue weighted by Gasteiger charge is 2.43. The Hall–Kier alpha value is -2.54. The predicted octanol–water partition coefficient (Wildman–Crippen LogP) is 6.09. The van der Waals surface area contributed by atoms with Crippen LogP contribution < -0.4 is 5.32 Å². The molecule has 0 aromatic heterocycles. The van der Waals surface area contributed by atoms with Gasteiger partial charge >= 0.3 is 6.18 Å². The topological polar surface area (TPSA) is 55.2 Å². The van der Waals surface area contributed by atoms with Gasteiger partial charge in [0.05, 0.1) is 22.2 Å². The first-order valence-corrected chi connectivity index (χ1v) is 8.72. The number of hydrogen-bond donors (Lipinski definition) is 1. The van der Waals surface area contributed by atoms with Gasteiger partial charge in [-0.25, -0.2) is 0 Å². The van der Waals surface area contributed by atoms with Crippen molar-refractivity contribution in [3.8, 4) is 0 Å². The van der Waals surface area contributed by atoms with Gasteiger partial charge in [0.15, 0.2) is 0 Å². The van der Waals surface area contributed by atoms with Crippen LogP contribution >= 0.6 is 11.6 Å². The maximum absolute atomic E-state index is 13.5. The summed E-state index contributed by atoms with van der Waals surface area (Å²) in [5.41, 5.74) is 0.205. The third kappa shape index (κ3) is 2.96. The van der Waals surface area contributed by atoms with Crippen LogP contribution in [0.2, 0.25) is 5.02 Å². The Kier molecular flexibility index (Phi) is 4.14. The quantitative estimate of drug-likeness (QED) is 0.380. The number of anilines is 1. The molecule has 2 aliphatic rings. The molecule has 0 radical (unpaired) electrons. The van der Waals surface area contributed by atoms with Gasteiger partial charge in [0, 0.05) is 12.0 Å². The Morgan fingerprint density at radius 1 is 1.22 bits per heavy atom. The van der Waals surface area contributed by atoms with Gasteiger partial charge < -0.3 is 5.32 Å². The van der Waals surface area contributed by atoms with Gasteiger partial charge in [-0.2, -0.15) is 13.2 Å². The molecular formula is C19H14ClF3N2O2. The minimum Gasteiger partial charge on any atom is -0.377 e. The second-order valence-electron chi connectivity index (χ2n) is 6.71. The van der Waals surface area contributed by atoms with Crippen LogP contribution in [0.1, 0.15) is 35.1 Å². The van der Waals surface area contributed by atoms with Crippen molar-refractivity contribution in [3.63, 3.8) is 0 Å². The SMILES string of the molecule is O=[N+]([O-])c1cc([C@@H]2Nc3c(cccc3C(F)(F)F)[C@H]3C=CC[C@@H]32)ccc1Cl. The second kappa shape index (κ2) is 6.27. The molecule has 4 nitrogen and oxygen atoms in total. The van der Waals surface area contributed by atoms with Crippen LogP contribution in [0.3, 0.4) is 0 Å². The molecule has 0 bridgehead atoms. The number of alkyl halides is 3. The molecule has 8 heteroatoms. The summed E-state index contributed by atoms with van der Waals surface area (Å²) in [6.07, 6.45) is 0.0457. The number of nitrogens with zero attached hydrogens (tertiary/aromatic N) is 1. The van der Waals surface area contributed by atoms with Crippen molar-refractivity contribution in [1.29, 1.82) is 0 Å². The van der Waals surface area contributed by atoms with Crippen molar-refractivity contribution in [1.82, 2.24) is 0 Å². The summed E-state index contributed by atoms with van der Waals surface area (Å²) in [5.74, 6) is -0.204.